The number of Topliss-reactive ketones (excluding diaryl/α,β-unsaturated/α-hetero) is 1. The minimum Gasteiger partial charge on any atom is -0.494 e. The van der Waals surface area contributed by atoms with Crippen molar-refractivity contribution in [2.45, 2.75) is 19.3 Å². The van der Waals surface area contributed by atoms with Crippen LogP contribution in [0.2, 0.25) is 0 Å². The van der Waals surface area contributed by atoms with Crippen LogP contribution in [0.15, 0.2) is 48.8 Å². The van der Waals surface area contributed by atoms with Crippen LogP contribution in [-0.2, 0) is 17.6 Å². The van der Waals surface area contributed by atoms with Crippen LogP contribution in [0, 0.1) is 5.92 Å². The summed E-state index contributed by atoms with van der Waals surface area (Å²) in [6.07, 6.45) is 4.54. The monoisotopic (exact) mass is 433 g/mol. The molecule has 3 aromatic rings. The van der Waals surface area contributed by atoms with Gasteiger partial charge in [0.2, 0.25) is 5.91 Å². The highest BCUT2D eigenvalue weighted by Crippen LogP contribution is 2.39. The Morgan fingerprint density at radius 1 is 1.25 bits per heavy atom. The molecule has 0 radical (unpaired) electrons. The minimum absolute atomic E-state index is 0.0385. The molecule has 1 aromatic carbocycles. The second-order valence-corrected chi connectivity index (χ2v) is 8.08. The molecule has 1 aliphatic carbocycles. The van der Waals surface area contributed by atoms with E-state index in [2.05, 4.69) is 9.97 Å². The van der Waals surface area contributed by atoms with Crippen LogP contribution in [-0.4, -0.2) is 59.0 Å². The smallest absolute Gasteiger partial charge is 0.226 e. The predicted molar refractivity (Wildman–Crippen MR) is 121 cm³/mol. The van der Waals surface area contributed by atoms with Crippen molar-refractivity contribution in [3.05, 3.63) is 71.2 Å². The number of aliphatic hydroxyl groups excluding tert-OH is 1. The maximum absolute atomic E-state index is 13.3. The van der Waals surface area contributed by atoms with Gasteiger partial charge >= 0.3 is 0 Å². The molecule has 2 aromatic heterocycles. The van der Waals surface area contributed by atoms with Gasteiger partial charge < -0.3 is 19.7 Å². The van der Waals surface area contributed by atoms with Gasteiger partial charge in [0.25, 0.3) is 0 Å². The average Bonchev–Trinajstić information content (AvgIpc) is 3.17. The molecular formula is C25H27N3O4. The van der Waals surface area contributed by atoms with E-state index in [0.29, 0.717) is 24.2 Å². The molecule has 1 unspecified atom stereocenters. The number of likely N-dealkylation sites (N-methyl/N-ethyl adjacent to an activating group) is 1. The van der Waals surface area contributed by atoms with E-state index in [1.54, 1.807) is 26.6 Å². The molecule has 2 heterocycles. The highest BCUT2D eigenvalue weighted by molar-refractivity contribution is 6.04. The van der Waals surface area contributed by atoms with E-state index in [4.69, 9.17) is 9.84 Å². The summed E-state index contributed by atoms with van der Waals surface area (Å²) in [6, 6.07) is 11.9. The normalized spacial score (nSPS) is 15.3. The summed E-state index contributed by atoms with van der Waals surface area (Å²) in [5, 5.41) is 9.17. The van der Waals surface area contributed by atoms with Gasteiger partial charge in [0, 0.05) is 55.9 Å². The zero-order chi connectivity index (χ0) is 22.7. The lowest BCUT2D eigenvalue weighted by atomic mass is 9.83. The number of aliphatic hydroxyl groups is 1. The highest BCUT2D eigenvalue weighted by Gasteiger charge is 2.36. The Bertz CT molecular complexity index is 1120. The number of hydrogen-bond donors (Lipinski definition) is 2. The molecule has 7 heteroatoms. The fourth-order valence-corrected chi connectivity index (χ4v) is 4.43. The molecule has 1 aliphatic rings. The predicted octanol–water partition coefficient (Wildman–Crippen LogP) is 2.87. The summed E-state index contributed by atoms with van der Waals surface area (Å²) < 4.78 is 5.53. The van der Waals surface area contributed by atoms with Crippen molar-refractivity contribution < 1.29 is 19.4 Å². The molecule has 0 spiro atoms. The largest absolute Gasteiger partial charge is 0.494 e. The molecule has 7 nitrogen and oxygen atoms in total. The molecule has 1 amide bonds. The SMILES string of the molecule is COc1cnccc1-c1[nH]c2c(c1Cc1ccccc1)C(=O)CC(C(=O)N(C)CCO)C2. The molecule has 0 fully saturated rings. The van der Waals surface area contributed by atoms with Crippen molar-refractivity contribution >= 4 is 11.7 Å². The third kappa shape index (κ3) is 4.16. The van der Waals surface area contributed by atoms with Crippen molar-refractivity contribution in [3.8, 4) is 17.0 Å². The Morgan fingerprint density at radius 2 is 2.03 bits per heavy atom. The van der Waals surface area contributed by atoms with E-state index in [-0.39, 0.29) is 31.3 Å². The number of H-pyrrole nitrogens is 1. The Kier molecular flexibility index (Phi) is 6.37. The van der Waals surface area contributed by atoms with Crippen LogP contribution in [0.4, 0.5) is 0 Å². The van der Waals surface area contributed by atoms with Gasteiger partial charge in [0.1, 0.15) is 5.75 Å². The van der Waals surface area contributed by atoms with Gasteiger partial charge in [-0.2, -0.15) is 0 Å². The van der Waals surface area contributed by atoms with Gasteiger partial charge in [0.15, 0.2) is 5.78 Å². The van der Waals surface area contributed by atoms with Gasteiger partial charge in [-0.3, -0.25) is 14.6 Å². The Morgan fingerprint density at radius 3 is 2.75 bits per heavy atom. The number of ether oxygens (including phenoxy) is 1. The second-order valence-electron chi connectivity index (χ2n) is 8.08. The number of methoxy groups -OCH3 is 1. The third-order valence-electron chi connectivity index (χ3n) is 6.00. The lowest BCUT2D eigenvalue weighted by Gasteiger charge is -2.26. The van der Waals surface area contributed by atoms with Crippen molar-refractivity contribution in [2.24, 2.45) is 5.92 Å². The molecule has 0 saturated heterocycles. The van der Waals surface area contributed by atoms with Gasteiger partial charge in [-0.05, 0) is 17.2 Å². The number of nitrogens with zero attached hydrogens (tertiary/aromatic N) is 2. The number of carbonyl (C=O) groups is 2. The number of rotatable bonds is 7. The quantitative estimate of drug-likeness (QED) is 0.597. The molecular weight excluding hydrogens is 406 g/mol. The van der Waals surface area contributed by atoms with Crippen molar-refractivity contribution in [2.75, 3.05) is 27.3 Å². The Labute approximate surface area is 187 Å². The Balaban J connectivity index is 1.79. The molecule has 4 rings (SSSR count). The molecule has 0 aliphatic heterocycles. The zero-order valence-electron chi connectivity index (χ0n) is 18.3. The molecule has 2 N–H and O–H groups in total. The van der Waals surface area contributed by atoms with Crippen molar-refractivity contribution in [1.29, 1.82) is 0 Å². The first-order chi connectivity index (χ1) is 15.5. The first-order valence-corrected chi connectivity index (χ1v) is 10.7. The van der Waals surface area contributed by atoms with Crippen molar-refractivity contribution in [1.82, 2.24) is 14.9 Å². The van der Waals surface area contributed by atoms with E-state index in [1.807, 2.05) is 36.4 Å². The number of amides is 1. The van der Waals surface area contributed by atoms with E-state index < -0.39 is 5.92 Å². The standard InChI is InChI=1S/C25H27N3O4/c1-28(10-11-29)25(31)17-13-20-23(21(30)14-17)19(12-16-6-4-3-5-7-16)24(27-20)18-8-9-26-15-22(18)32-2/h3-9,15,17,27,29H,10-14H2,1-2H3. The van der Waals surface area contributed by atoms with E-state index >= 15 is 0 Å². The third-order valence-corrected chi connectivity index (χ3v) is 6.00. The second kappa shape index (κ2) is 9.36. The number of carbonyl (C=O) groups excluding carboxylic acids is 2. The van der Waals surface area contributed by atoms with Crippen molar-refractivity contribution in [3.63, 3.8) is 0 Å². The molecule has 32 heavy (non-hydrogen) atoms. The molecule has 166 valence electrons. The fourth-order valence-electron chi connectivity index (χ4n) is 4.43. The lowest BCUT2D eigenvalue weighted by Crippen LogP contribution is -2.38. The van der Waals surface area contributed by atoms with Crippen LogP contribution in [0.1, 0.15) is 33.6 Å². The number of hydrogen-bond acceptors (Lipinski definition) is 5. The number of aromatic nitrogens is 2. The summed E-state index contributed by atoms with van der Waals surface area (Å²) in [4.78, 5) is 35.2. The average molecular weight is 434 g/mol. The van der Waals surface area contributed by atoms with Gasteiger partial charge in [-0.15, -0.1) is 0 Å². The van der Waals surface area contributed by atoms with Gasteiger partial charge in [-0.1, -0.05) is 30.3 Å². The number of nitrogens with one attached hydrogen (secondary N) is 1. The zero-order valence-corrected chi connectivity index (χ0v) is 18.3. The first-order valence-electron chi connectivity index (χ1n) is 10.7. The Hall–Kier alpha value is -3.45. The van der Waals surface area contributed by atoms with Gasteiger partial charge in [0.05, 0.1) is 31.5 Å². The fraction of sp³-hybridized carbons (Fsp3) is 0.320. The molecule has 0 saturated carbocycles. The van der Waals surface area contributed by atoms with Crippen LogP contribution >= 0.6 is 0 Å². The number of fused-ring (bicyclic) bond motifs is 1. The van der Waals surface area contributed by atoms with E-state index in [0.717, 1.165) is 28.1 Å². The summed E-state index contributed by atoms with van der Waals surface area (Å²) >= 11 is 0. The molecule has 1 atom stereocenters. The topological polar surface area (TPSA) is 95.5 Å². The highest BCUT2D eigenvalue weighted by atomic mass is 16.5. The van der Waals surface area contributed by atoms with Gasteiger partial charge in [-0.25, -0.2) is 0 Å². The van der Waals surface area contributed by atoms with Crippen LogP contribution in [0.25, 0.3) is 11.3 Å². The van der Waals surface area contributed by atoms with E-state index in [9.17, 15) is 9.59 Å². The van der Waals surface area contributed by atoms with Crippen LogP contribution in [0.3, 0.4) is 0 Å². The summed E-state index contributed by atoms with van der Waals surface area (Å²) in [5.41, 5.74) is 5.11. The maximum Gasteiger partial charge on any atom is 0.226 e. The van der Waals surface area contributed by atoms with E-state index in [1.165, 1.54) is 4.90 Å². The lowest BCUT2D eigenvalue weighted by molar-refractivity contribution is -0.134. The van der Waals surface area contributed by atoms with Crippen LogP contribution in [0.5, 0.6) is 5.75 Å². The number of pyridine rings is 1. The first kappa shape index (κ1) is 21.8. The maximum atomic E-state index is 13.3. The summed E-state index contributed by atoms with van der Waals surface area (Å²) in [6.45, 7) is 0.143. The van der Waals surface area contributed by atoms with Crippen LogP contribution < -0.4 is 4.74 Å². The number of benzene rings is 1. The molecule has 0 bridgehead atoms. The minimum atomic E-state index is -0.443. The summed E-state index contributed by atoms with van der Waals surface area (Å²) in [7, 11) is 3.25. The number of ketones is 1. The summed E-state index contributed by atoms with van der Waals surface area (Å²) in [5.74, 6) is 0.00822. The number of aromatic amines is 1.